The Kier molecular flexibility index (Phi) is 9.60. The van der Waals surface area contributed by atoms with Gasteiger partial charge in [-0.15, -0.1) is 0 Å². The molecule has 0 saturated heterocycles. The molecular weight excluding hydrogens is 260 g/mol. The monoisotopic (exact) mass is 290 g/mol. The van der Waals surface area contributed by atoms with Crippen LogP contribution in [0.25, 0.3) is 0 Å². The average Bonchev–Trinajstić information content (AvgIpc) is 2.49. The Labute approximate surface area is 129 Å². The molecule has 0 aliphatic rings. The molecule has 0 amide bonds. The second-order valence-corrected chi connectivity index (χ2v) is 5.76. The molecule has 0 aliphatic carbocycles. The van der Waals surface area contributed by atoms with Gasteiger partial charge in [0.2, 0.25) is 0 Å². The SMILES string of the molecule is CCCCCCCCCCCOc1ccc(C(C)=O)cc1. The molecule has 21 heavy (non-hydrogen) atoms. The van der Waals surface area contributed by atoms with Crippen molar-refractivity contribution in [2.24, 2.45) is 0 Å². The van der Waals surface area contributed by atoms with Crippen LogP contribution in [0, 0.1) is 0 Å². The minimum absolute atomic E-state index is 0.0977. The summed E-state index contributed by atoms with van der Waals surface area (Å²) in [7, 11) is 0. The predicted molar refractivity (Wildman–Crippen MR) is 89.2 cm³/mol. The number of carbonyl (C=O) groups is 1. The van der Waals surface area contributed by atoms with E-state index in [1.165, 1.54) is 51.4 Å². The number of rotatable bonds is 12. The summed E-state index contributed by atoms with van der Waals surface area (Å²) in [4.78, 5) is 11.2. The first kappa shape index (κ1) is 17.7. The van der Waals surface area contributed by atoms with Crippen molar-refractivity contribution < 1.29 is 9.53 Å². The van der Waals surface area contributed by atoms with Crippen LogP contribution in [0.15, 0.2) is 24.3 Å². The predicted octanol–water partition coefficient (Wildman–Crippen LogP) is 5.80. The fourth-order valence-electron chi connectivity index (χ4n) is 2.39. The first-order chi connectivity index (χ1) is 10.2. The highest BCUT2D eigenvalue weighted by molar-refractivity contribution is 5.94. The number of ether oxygens (including phenoxy) is 1. The van der Waals surface area contributed by atoms with Crippen LogP contribution in [-0.2, 0) is 0 Å². The van der Waals surface area contributed by atoms with Crippen molar-refractivity contribution in [2.45, 2.75) is 71.6 Å². The summed E-state index contributed by atoms with van der Waals surface area (Å²) in [5.41, 5.74) is 0.741. The summed E-state index contributed by atoms with van der Waals surface area (Å²) in [5.74, 6) is 0.958. The maximum Gasteiger partial charge on any atom is 0.159 e. The normalized spacial score (nSPS) is 10.6. The number of Topliss-reactive ketones (excluding diaryl/α,β-unsaturated/α-hetero) is 1. The quantitative estimate of drug-likeness (QED) is 0.359. The molecule has 0 radical (unpaired) electrons. The van der Waals surface area contributed by atoms with Crippen molar-refractivity contribution in [2.75, 3.05) is 6.61 Å². The molecule has 0 atom stereocenters. The molecule has 1 aromatic carbocycles. The van der Waals surface area contributed by atoms with Crippen LogP contribution in [0.2, 0.25) is 0 Å². The first-order valence-corrected chi connectivity index (χ1v) is 8.48. The van der Waals surface area contributed by atoms with Crippen molar-refractivity contribution >= 4 is 5.78 Å². The van der Waals surface area contributed by atoms with Crippen molar-refractivity contribution in [3.8, 4) is 5.75 Å². The van der Waals surface area contributed by atoms with E-state index in [0.29, 0.717) is 0 Å². The molecular formula is C19H30O2. The fraction of sp³-hybridized carbons (Fsp3) is 0.632. The number of carbonyl (C=O) groups excluding carboxylic acids is 1. The van der Waals surface area contributed by atoms with E-state index >= 15 is 0 Å². The largest absolute Gasteiger partial charge is 0.494 e. The van der Waals surface area contributed by atoms with Gasteiger partial charge >= 0.3 is 0 Å². The minimum atomic E-state index is 0.0977. The first-order valence-electron chi connectivity index (χ1n) is 8.48. The smallest absolute Gasteiger partial charge is 0.159 e. The lowest BCUT2D eigenvalue weighted by Crippen LogP contribution is -1.98. The third-order valence-electron chi connectivity index (χ3n) is 3.78. The summed E-state index contributed by atoms with van der Waals surface area (Å²) in [6.45, 7) is 4.61. The summed E-state index contributed by atoms with van der Waals surface area (Å²) in [5, 5.41) is 0. The van der Waals surface area contributed by atoms with E-state index in [1.54, 1.807) is 6.92 Å². The molecule has 118 valence electrons. The van der Waals surface area contributed by atoms with Crippen molar-refractivity contribution in [3.05, 3.63) is 29.8 Å². The van der Waals surface area contributed by atoms with Gasteiger partial charge in [0.15, 0.2) is 5.78 Å². The number of hydrogen-bond acceptors (Lipinski definition) is 2. The lowest BCUT2D eigenvalue weighted by atomic mass is 10.1. The Hall–Kier alpha value is -1.31. The van der Waals surface area contributed by atoms with Crippen molar-refractivity contribution in [1.29, 1.82) is 0 Å². The molecule has 2 heteroatoms. The van der Waals surface area contributed by atoms with Gasteiger partial charge < -0.3 is 4.74 Å². The molecule has 0 unspecified atom stereocenters. The van der Waals surface area contributed by atoms with Gasteiger partial charge in [-0.05, 0) is 37.6 Å². The summed E-state index contributed by atoms with van der Waals surface area (Å²) >= 11 is 0. The zero-order valence-corrected chi connectivity index (χ0v) is 13.7. The van der Waals surface area contributed by atoms with Crippen LogP contribution in [0.3, 0.4) is 0 Å². The number of benzene rings is 1. The maximum absolute atomic E-state index is 11.2. The van der Waals surface area contributed by atoms with Crippen molar-refractivity contribution in [1.82, 2.24) is 0 Å². The summed E-state index contributed by atoms with van der Waals surface area (Å²) in [6, 6.07) is 7.41. The van der Waals surface area contributed by atoms with Crippen molar-refractivity contribution in [3.63, 3.8) is 0 Å². The van der Waals surface area contributed by atoms with Gasteiger partial charge in [-0.2, -0.15) is 0 Å². The standard InChI is InChI=1S/C19H30O2/c1-3-4-5-6-7-8-9-10-11-16-21-19-14-12-18(13-15-19)17(2)20/h12-15H,3-11,16H2,1-2H3. The van der Waals surface area contributed by atoms with Crippen LogP contribution < -0.4 is 4.74 Å². The average molecular weight is 290 g/mol. The molecule has 0 bridgehead atoms. The van der Waals surface area contributed by atoms with Gasteiger partial charge in [0, 0.05) is 5.56 Å². The van der Waals surface area contributed by atoms with Crippen LogP contribution in [-0.4, -0.2) is 12.4 Å². The van der Waals surface area contributed by atoms with Crippen LogP contribution >= 0.6 is 0 Å². The van der Waals surface area contributed by atoms with E-state index in [-0.39, 0.29) is 5.78 Å². The summed E-state index contributed by atoms with van der Waals surface area (Å²) < 4.78 is 5.69. The Morgan fingerprint density at radius 3 is 1.90 bits per heavy atom. The van der Waals surface area contributed by atoms with E-state index < -0.39 is 0 Å². The maximum atomic E-state index is 11.2. The number of hydrogen-bond donors (Lipinski definition) is 0. The van der Waals surface area contributed by atoms with Gasteiger partial charge in [0.1, 0.15) is 5.75 Å². The topological polar surface area (TPSA) is 26.3 Å². The molecule has 0 heterocycles. The highest BCUT2D eigenvalue weighted by Gasteiger charge is 1.99. The van der Waals surface area contributed by atoms with Gasteiger partial charge in [-0.25, -0.2) is 0 Å². The number of unbranched alkanes of at least 4 members (excludes halogenated alkanes) is 8. The Bertz CT molecular complexity index is 381. The number of ketones is 1. The highest BCUT2D eigenvalue weighted by Crippen LogP contribution is 2.14. The van der Waals surface area contributed by atoms with E-state index in [9.17, 15) is 4.79 Å². The molecule has 1 rings (SSSR count). The molecule has 0 N–H and O–H groups in total. The van der Waals surface area contributed by atoms with Gasteiger partial charge in [-0.3, -0.25) is 4.79 Å². The summed E-state index contributed by atoms with van der Waals surface area (Å²) in [6.07, 6.45) is 11.9. The Morgan fingerprint density at radius 1 is 0.857 bits per heavy atom. The Morgan fingerprint density at radius 2 is 1.38 bits per heavy atom. The van der Waals surface area contributed by atoms with E-state index in [4.69, 9.17) is 4.74 Å². The minimum Gasteiger partial charge on any atom is -0.494 e. The van der Waals surface area contributed by atoms with E-state index in [0.717, 1.165) is 24.3 Å². The molecule has 0 saturated carbocycles. The van der Waals surface area contributed by atoms with Crippen LogP contribution in [0.4, 0.5) is 0 Å². The van der Waals surface area contributed by atoms with Gasteiger partial charge in [0.25, 0.3) is 0 Å². The highest BCUT2D eigenvalue weighted by atomic mass is 16.5. The second kappa shape index (κ2) is 11.4. The third kappa shape index (κ3) is 8.54. The molecule has 0 spiro atoms. The second-order valence-electron chi connectivity index (χ2n) is 5.76. The molecule has 0 aromatic heterocycles. The molecule has 0 fully saturated rings. The van der Waals surface area contributed by atoms with Gasteiger partial charge in [-0.1, -0.05) is 58.3 Å². The lowest BCUT2D eigenvalue weighted by molar-refractivity contribution is 0.101. The molecule has 0 aliphatic heterocycles. The van der Waals surface area contributed by atoms with E-state index in [2.05, 4.69) is 6.92 Å². The fourth-order valence-corrected chi connectivity index (χ4v) is 2.39. The zero-order chi connectivity index (χ0) is 15.3. The third-order valence-corrected chi connectivity index (χ3v) is 3.78. The van der Waals surface area contributed by atoms with Gasteiger partial charge in [0.05, 0.1) is 6.61 Å². The lowest BCUT2D eigenvalue weighted by Gasteiger charge is -2.06. The molecule has 1 aromatic rings. The Balaban J connectivity index is 1.98. The zero-order valence-electron chi connectivity index (χ0n) is 13.7. The molecule has 2 nitrogen and oxygen atoms in total. The van der Waals surface area contributed by atoms with Crippen LogP contribution in [0.1, 0.15) is 82.0 Å². The van der Waals surface area contributed by atoms with E-state index in [1.807, 2.05) is 24.3 Å². The van der Waals surface area contributed by atoms with Crippen LogP contribution in [0.5, 0.6) is 5.75 Å².